The number of amides is 1. The first-order valence-electron chi connectivity index (χ1n) is 9.79. The Morgan fingerprint density at radius 2 is 1.85 bits per heavy atom. The summed E-state index contributed by atoms with van der Waals surface area (Å²) in [5.41, 5.74) is 4.76. The van der Waals surface area contributed by atoms with E-state index in [1.165, 1.54) is 11.1 Å². The van der Waals surface area contributed by atoms with Gasteiger partial charge in [-0.1, -0.05) is 31.2 Å². The number of carbonyl (C=O) groups excluding carboxylic acids is 1. The highest BCUT2D eigenvalue weighted by molar-refractivity contribution is 5.94. The lowest BCUT2D eigenvalue weighted by molar-refractivity contribution is 0.0758. The van der Waals surface area contributed by atoms with Gasteiger partial charge in [0.25, 0.3) is 5.91 Å². The second kappa shape index (κ2) is 7.58. The lowest BCUT2D eigenvalue weighted by Gasteiger charge is -2.27. The first-order chi connectivity index (χ1) is 12.7. The minimum absolute atomic E-state index is 0.152. The van der Waals surface area contributed by atoms with Crippen molar-refractivity contribution in [3.05, 3.63) is 65.0 Å². The Morgan fingerprint density at radius 3 is 2.58 bits per heavy atom. The fourth-order valence-electron chi connectivity index (χ4n) is 4.29. The maximum absolute atomic E-state index is 12.9. The maximum atomic E-state index is 12.9. The molecule has 1 aliphatic heterocycles. The number of nitrogens with zero attached hydrogens (tertiary/aromatic N) is 3. The van der Waals surface area contributed by atoms with Crippen molar-refractivity contribution in [1.29, 1.82) is 0 Å². The Morgan fingerprint density at radius 1 is 1.08 bits per heavy atom. The molecule has 2 aromatic rings. The number of benzene rings is 1. The Kier molecular flexibility index (Phi) is 5.02. The molecule has 1 aromatic heterocycles. The van der Waals surface area contributed by atoms with Crippen LogP contribution in [0.1, 0.15) is 40.5 Å². The number of aromatic nitrogens is 1. The zero-order valence-electron chi connectivity index (χ0n) is 15.5. The molecule has 4 heteroatoms. The second-order valence-electron chi connectivity index (χ2n) is 7.40. The van der Waals surface area contributed by atoms with Crippen molar-refractivity contribution in [3.8, 4) is 0 Å². The van der Waals surface area contributed by atoms with Gasteiger partial charge in [0.15, 0.2) is 0 Å². The molecule has 1 fully saturated rings. The smallest absolute Gasteiger partial charge is 0.254 e. The van der Waals surface area contributed by atoms with Crippen LogP contribution in [0.25, 0.3) is 0 Å². The third kappa shape index (κ3) is 3.51. The number of carbonyl (C=O) groups is 1. The summed E-state index contributed by atoms with van der Waals surface area (Å²) in [7, 11) is 0. The predicted molar refractivity (Wildman–Crippen MR) is 103 cm³/mol. The average Bonchev–Trinajstić information content (AvgIpc) is 2.97. The molecule has 0 N–H and O–H groups in total. The molecule has 0 unspecified atom stereocenters. The summed E-state index contributed by atoms with van der Waals surface area (Å²) in [5.74, 6) is 0.152. The topological polar surface area (TPSA) is 36.4 Å². The van der Waals surface area contributed by atoms with Gasteiger partial charge in [0.1, 0.15) is 0 Å². The van der Waals surface area contributed by atoms with Crippen molar-refractivity contribution >= 4 is 5.91 Å². The summed E-state index contributed by atoms with van der Waals surface area (Å²) < 4.78 is 0. The number of rotatable bonds is 3. The molecule has 0 bridgehead atoms. The molecule has 1 amide bonds. The van der Waals surface area contributed by atoms with Crippen LogP contribution in [0.5, 0.6) is 0 Å². The van der Waals surface area contributed by atoms with Crippen molar-refractivity contribution in [3.63, 3.8) is 0 Å². The highest BCUT2D eigenvalue weighted by Gasteiger charge is 2.29. The van der Waals surface area contributed by atoms with Gasteiger partial charge in [-0.2, -0.15) is 0 Å². The van der Waals surface area contributed by atoms with Gasteiger partial charge in [0.05, 0.1) is 0 Å². The molecule has 2 heterocycles. The average molecular weight is 349 g/mol. The standard InChI is InChI=1S/C22H27N3O/c1-2-20-14-19(8-9-23-20)22(26)25-11-5-10-24(12-13-25)21-15-17-6-3-4-7-18(17)16-21/h3-4,6-9,14,21H,2,5,10-13,15-16H2,1H3. The van der Waals surface area contributed by atoms with Gasteiger partial charge >= 0.3 is 0 Å². The fraction of sp³-hybridized carbons (Fsp3) is 0.455. The number of fused-ring (bicyclic) bond motifs is 1. The van der Waals surface area contributed by atoms with Crippen molar-refractivity contribution < 1.29 is 4.79 Å². The van der Waals surface area contributed by atoms with Crippen LogP contribution in [0.3, 0.4) is 0 Å². The summed E-state index contributed by atoms with van der Waals surface area (Å²) in [5, 5.41) is 0. The van der Waals surface area contributed by atoms with E-state index in [1.807, 2.05) is 17.0 Å². The number of aryl methyl sites for hydroxylation is 1. The largest absolute Gasteiger partial charge is 0.337 e. The zero-order valence-corrected chi connectivity index (χ0v) is 15.5. The van der Waals surface area contributed by atoms with E-state index in [1.54, 1.807) is 6.20 Å². The minimum Gasteiger partial charge on any atom is -0.337 e. The van der Waals surface area contributed by atoms with Crippen LogP contribution in [0.2, 0.25) is 0 Å². The number of pyridine rings is 1. The van der Waals surface area contributed by atoms with E-state index in [-0.39, 0.29) is 5.91 Å². The van der Waals surface area contributed by atoms with Crippen LogP contribution in [0, 0.1) is 0 Å². The summed E-state index contributed by atoms with van der Waals surface area (Å²) >= 11 is 0. The molecule has 1 aliphatic carbocycles. The van der Waals surface area contributed by atoms with Gasteiger partial charge < -0.3 is 4.90 Å². The molecule has 0 saturated carbocycles. The first kappa shape index (κ1) is 17.2. The fourth-order valence-corrected chi connectivity index (χ4v) is 4.29. The van der Waals surface area contributed by atoms with Gasteiger partial charge in [0.2, 0.25) is 0 Å². The van der Waals surface area contributed by atoms with Crippen LogP contribution in [-0.4, -0.2) is 52.9 Å². The van der Waals surface area contributed by atoms with Crippen LogP contribution >= 0.6 is 0 Å². The van der Waals surface area contributed by atoms with Gasteiger partial charge in [-0.25, -0.2) is 0 Å². The highest BCUT2D eigenvalue weighted by atomic mass is 16.2. The minimum atomic E-state index is 0.152. The molecule has 136 valence electrons. The summed E-state index contributed by atoms with van der Waals surface area (Å²) in [4.78, 5) is 21.8. The van der Waals surface area contributed by atoms with Crippen LogP contribution in [0.4, 0.5) is 0 Å². The Labute approximate surface area is 155 Å². The maximum Gasteiger partial charge on any atom is 0.254 e. The summed E-state index contributed by atoms with van der Waals surface area (Å²) in [6.45, 7) is 5.78. The van der Waals surface area contributed by atoms with Crippen LogP contribution < -0.4 is 0 Å². The number of hydrogen-bond donors (Lipinski definition) is 0. The molecule has 0 atom stereocenters. The summed E-state index contributed by atoms with van der Waals surface area (Å²) in [6, 6.07) is 13.2. The van der Waals surface area contributed by atoms with E-state index in [2.05, 4.69) is 41.1 Å². The third-order valence-electron chi connectivity index (χ3n) is 5.79. The van der Waals surface area contributed by atoms with E-state index in [9.17, 15) is 4.79 Å². The van der Waals surface area contributed by atoms with Gasteiger partial charge in [-0.05, 0) is 48.9 Å². The first-order valence-corrected chi connectivity index (χ1v) is 9.79. The second-order valence-corrected chi connectivity index (χ2v) is 7.40. The van der Waals surface area contributed by atoms with E-state index in [0.29, 0.717) is 6.04 Å². The lowest BCUT2D eigenvalue weighted by Crippen LogP contribution is -2.40. The molecule has 4 nitrogen and oxygen atoms in total. The monoisotopic (exact) mass is 349 g/mol. The molecule has 1 aromatic carbocycles. The number of hydrogen-bond acceptors (Lipinski definition) is 3. The Bertz CT molecular complexity index is 763. The Balaban J connectivity index is 1.40. The molecule has 0 radical (unpaired) electrons. The molecule has 4 rings (SSSR count). The molecular formula is C22H27N3O. The lowest BCUT2D eigenvalue weighted by atomic mass is 10.1. The quantitative estimate of drug-likeness (QED) is 0.855. The van der Waals surface area contributed by atoms with Crippen molar-refractivity contribution in [1.82, 2.24) is 14.8 Å². The van der Waals surface area contributed by atoms with E-state index in [0.717, 1.165) is 63.1 Å². The van der Waals surface area contributed by atoms with Crippen molar-refractivity contribution in [2.24, 2.45) is 0 Å². The van der Waals surface area contributed by atoms with Crippen molar-refractivity contribution in [2.45, 2.75) is 38.6 Å². The van der Waals surface area contributed by atoms with E-state index < -0.39 is 0 Å². The molecule has 2 aliphatic rings. The van der Waals surface area contributed by atoms with Crippen LogP contribution in [-0.2, 0) is 19.3 Å². The molecular weight excluding hydrogens is 322 g/mol. The third-order valence-corrected chi connectivity index (χ3v) is 5.79. The van der Waals surface area contributed by atoms with Gasteiger partial charge in [-0.3, -0.25) is 14.7 Å². The van der Waals surface area contributed by atoms with Crippen LogP contribution in [0.15, 0.2) is 42.6 Å². The van der Waals surface area contributed by atoms with E-state index >= 15 is 0 Å². The predicted octanol–water partition coefficient (Wildman–Crippen LogP) is 2.96. The molecule has 0 spiro atoms. The zero-order chi connectivity index (χ0) is 17.9. The van der Waals surface area contributed by atoms with Crippen molar-refractivity contribution in [2.75, 3.05) is 26.2 Å². The SMILES string of the molecule is CCc1cc(C(=O)N2CCCN(C3Cc4ccccc4C3)CC2)ccn1. The molecule has 1 saturated heterocycles. The summed E-state index contributed by atoms with van der Waals surface area (Å²) in [6.07, 6.45) is 5.95. The van der Waals surface area contributed by atoms with E-state index in [4.69, 9.17) is 0 Å². The van der Waals surface area contributed by atoms with Gasteiger partial charge in [0, 0.05) is 49.7 Å². The molecule has 26 heavy (non-hydrogen) atoms. The highest BCUT2D eigenvalue weighted by Crippen LogP contribution is 2.26. The van der Waals surface area contributed by atoms with Gasteiger partial charge in [-0.15, -0.1) is 0 Å². The Hall–Kier alpha value is -2.20. The normalized spacial score (nSPS) is 18.6.